The zero-order chi connectivity index (χ0) is 14.9. The average Bonchev–Trinajstić information content (AvgIpc) is 2.56. The van der Waals surface area contributed by atoms with Crippen molar-refractivity contribution < 1.29 is 9.53 Å². The minimum Gasteiger partial charge on any atom is -0.423 e. The fraction of sp³-hybridized carbons (Fsp3) is 0.0500. The highest BCUT2D eigenvalue weighted by molar-refractivity contribution is 6.00. The maximum absolute atomic E-state index is 12.2. The Morgan fingerprint density at radius 2 is 1.64 bits per heavy atom. The molecule has 0 N–H and O–H groups in total. The highest BCUT2D eigenvalue weighted by atomic mass is 16.5. The van der Waals surface area contributed by atoms with E-state index in [1.807, 2.05) is 60.7 Å². The normalized spacial score (nSPS) is 15.6. The van der Waals surface area contributed by atoms with Crippen molar-refractivity contribution >= 4 is 22.8 Å². The molecule has 0 aromatic heterocycles. The molecule has 4 rings (SSSR count). The van der Waals surface area contributed by atoms with Crippen LogP contribution in [0.4, 0.5) is 0 Å². The first kappa shape index (κ1) is 12.8. The van der Waals surface area contributed by atoms with Crippen molar-refractivity contribution in [2.75, 3.05) is 0 Å². The van der Waals surface area contributed by atoms with E-state index in [1.165, 1.54) is 5.39 Å². The Morgan fingerprint density at radius 1 is 0.864 bits per heavy atom. The van der Waals surface area contributed by atoms with Crippen molar-refractivity contribution in [2.45, 2.75) is 6.42 Å². The quantitative estimate of drug-likeness (QED) is 0.377. The van der Waals surface area contributed by atoms with Gasteiger partial charge in [0, 0.05) is 17.6 Å². The van der Waals surface area contributed by atoms with E-state index in [-0.39, 0.29) is 5.97 Å². The summed E-state index contributed by atoms with van der Waals surface area (Å²) in [4.78, 5) is 12.2. The lowest BCUT2D eigenvalue weighted by molar-refractivity contribution is -0.130. The number of carbonyl (C=O) groups excluding carboxylic acids is 1. The summed E-state index contributed by atoms with van der Waals surface area (Å²) in [6.45, 7) is 0. The van der Waals surface area contributed by atoms with Crippen LogP contribution in [0.3, 0.4) is 0 Å². The summed E-state index contributed by atoms with van der Waals surface area (Å²) in [7, 11) is 0. The second kappa shape index (κ2) is 5.15. The van der Waals surface area contributed by atoms with Crippen LogP contribution in [-0.4, -0.2) is 5.97 Å². The van der Waals surface area contributed by atoms with Crippen LogP contribution in [0, 0.1) is 0 Å². The molecule has 3 aromatic rings. The molecule has 1 aliphatic heterocycles. The predicted molar refractivity (Wildman–Crippen MR) is 87.7 cm³/mol. The van der Waals surface area contributed by atoms with E-state index < -0.39 is 0 Å². The Kier molecular flexibility index (Phi) is 3.01. The van der Waals surface area contributed by atoms with Crippen molar-refractivity contribution in [2.24, 2.45) is 0 Å². The number of esters is 1. The minimum atomic E-state index is -0.258. The molecule has 0 spiro atoms. The lowest BCUT2D eigenvalue weighted by Crippen LogP contribution is -2.19. The van der Waals surface area contributed by atoms with E-state index in [0.29, 0.717) is 17.7 Å². The van der Waals surface area contributed by atoms with Crippen LogP contribution >= 0.6 is 0 Å². The number of hydrogen-bond acceptors (Lipinski definition) is 2. The zero-order valence-corrected chi connectivity index (χ0v) is 12.0. The van der Waals surface area contributed by atoms with Crippen molar-refractivity contribution in [3.8, 4) is 5.75 Å². The number of carbonyl (C=O) groups is 1. The number of rotatable bonds is 1. The Labute approximate surface area is 128 Å². The van der Waals surface area contributed by atoms with E-state index in [9.17, 15) is 4.79 Å². The van der Waals surface area contributed by atoms with Gasteiger partial charge in [0.1, 0.15) is 5.75 Å². The van der Waals surface area contributed by atoms with Crippen LogP contribution in [0.15, 0.2) is 72.3 Å². The lowest BCUT2D eigenvalue weighted by atomic mass is 9.94. The lowest BCUT2D eigenvalue weighted by Gasteiger charge is -2.20. The molecule has 1 aliphatic rings. The van der Waals surface area contributed by atoms with Gasteiger partial charge >= 0.3 is 5.97 Å². The Balaban J connectivity index is 1.83. The monoisotopic (exact) mass is 286 g/mol. The smallest absolute Gasteiger partial charge is 0.339 e. The summed E-state index contributed by atoms with van der Waals surface area (Å²) in [5.41, 5.74) is 2.79. The molecule has 0 radical (unpaired) electrons. The molecule has 3 aromatic carbocycles. The number of benzene rings is 3. The minimum absolute atomic E-state index is 0.258. The molecule has 22 heavy (non-hydrogen) atoms. The first-order chi connectivity index (χ1) is 10.8. The molecule has 2 heteroatoms. The molecule has 106 valence electrons. The fourth-order valence-electron chi connectivity index (χ4n) is 2.88. The molecule has 0 atom stereocenters. The number of ether oxygens (including phenoxy) is 1. The Morgan fingerprint density at radius 3 is 2.50 bits per heavy atom. The van der Waals surface area contributed by atoms with Gasteiger partial charge in [0.15, 0.2) is 0 Å². The third kappa shape index (κ3) is 2.19. The molecule has 0 saturated carbocycles. The van der Waals surface area contributed by atoms with Gasteiger partial charge in [-0.1, -0.05) is 60.7 Å². The van der Waals surface area contributed by atoms with Crippen LogP contribution < -0.4 is 4.74 Å². The fourth-order valence-corrected chi connectivity index (χ4v) is 2.88. The largest absolute Gasteiger partial charge is 0.423 e. The van der Waals surface area contributed by atoms with E-state index in [0.717, 1.165) is 16.5 Å². The van der Waals surface area contributed by atoms with E-state index >= 15 is 0 Å². The van der Waals surface area contributed by atoms with Crippen LogP contribution in [0.2, 0.25) is 0 Å². The summed E-state index contributed by atoms with van der Waals surface area (Å²) in [6, 6.07) is 21.9. The standard InChI is InChI=1S/C20H14O2/c21-20-16(12-14-6-2-1-3-7-14)13-18-17-9-5-4-8-15(17)10-11-19(18)22-20/h1-12H,13H2/b16-12-. The number of fused-ring (bicyclic) bond motifs is 3. The first-order valence-electron chi connectivity index (χ1n) is 7.30. The molecule has 2 nitrogen and oxygen atoms in total. The van der Waals surface area contributed by atoms with Crippen molar-refractivity contribution in [3.05, 3.63) is 83.4 Å². The van der Waals surface area contributed by atoms with Crippen LogP contribution in [0.25, 0.3) is 16.8 Å². The second-order valence-electron chi connectivity index (χ2n) is 5.41. The van der Waals surface area contributed by atoms with Crippen molar-refractivity contribution in [3.63, 3.8) is 0 Å². The summed E-state index contributed by atoms with van der Waals surface area (Å²) in [5, 5.41) is 2.31. The summed E-state index contributed by atoms with van der Waals surface area (Å²) >= 11 is 0. The number of hydrogen-bond donors (Lipinski definition) is 0. The SMILES string of the molecule is O=C1Oc2ccc3ccccc3c2C/C1=C/c1ccccc1. The molecule has 0 amide bonds. The molecule has 1 heterocycles. The predicted octanol–water partition coefficient (Wildman–Crippen LogP) is 4.38. The summed E-state index contributed by atoms with van der Waals surface area (Å²) in [5.74, 6) is 0.417. The summed E-state index contributed by atoms with van der Waals surface area (Å²) < 4.78 is 5.52. The van der Waals surface area contributed by atoms with Gasteiger partial charge in [0.25, 0.3) is 0 Å². The molecular formula is C20H14O2. The van der Waals surface area contributed by atoms with Crippen LogP contribution in [0.1, 0.15) is 11.1 Å². The van der Waals surface area contributed by atoms with Crippen molar-refractivity contribution in [1.29, 1.82) is 0 Å². The van der Waals surface area contributed by atoms with Crippen LogP contribution in [0.5, 0.6) is 5.75 Å². The zero-order valence-electron chi connectivity index (χ0n) is 12.0. The summed E-state index contributed by atoms with van der Waals surface area (Å²) in [6.07, 6.45) is 2.51. The van der Waals surface area contributed by atoms with Gasteiger partial charge in [-0.15, -0.1) is 0 Å². The first-order valence-corrected chi connectivity index (χ1v) is 7.30. The van der Waals surface area contributed by atoms with Crippen LogP contribution in [-0.2, 0) is 11.2 Å². The molecule has 0 unspecified atom stereocenters. The highest BCUT2D eigenvalue weighted by Crippen LogP contribution is 2.34. The van der Waals surface area contributed by atoms with Gasteiger partial charge in [-0.2, -0.15) is 0 Å². The van der Waals surface area contributed by atoms with Gasteiger partial charge in [-0.05, 0) is 28.5 Å². The molecule has 0 aliphatic carbocycles. The van der Waals surface area contributed by atoms with Gasteiger partial charge < -0.3 is 4.74 Å². The third-order valence-corrected chi connectivity index (χ3v) is 3.97. The highest BCUT2D eigenvalue weighted by Gasteiger charge is 2.23. The molecular weight excluding hydrogens is 272 g/mol. The van der Waals surface area contributed by atoms with Gasteiger partial charge in [-0.3, -0.25) is 0 Å². The Bertz CT molecular complexity index is 892. The van der Waals surface area contributed by atoms with E-state index in [1.54, 1.807) is 0 Å². The second-order valence-corrected chi connectivity index (χ2v) is 5.41. The third-order valence-electron chi connectivity index (χ3n) is 3.97. The van der Waals surface area contributed by atoms with E-state index in [2.05, 4.69) is 12.1 Å². The molecule has 0 saturated heterocycles. The average molecular weight is 286 g/mol. The maximum Gasteiger partial charge on any atom is 0.339 e. The molecule has 0 bridgehead atoms. The topological polar surface area (TPSA) is 26.3 Å². The van der Waals surface area contributed by atoms with Gasteiger partial charge in [-0.25, -0.2) is 4.79 Å². The van der Waals surface area contributed by atoms with Gasteiger partial charge in [0.2, 0.25) is 0 Å². The Hall–Kier alpha value is -2.87. The maximum atomic E-state index is 12.2. The van der Waals surface area contributed by atoms with E-state index in [4.69, 9.17) is 4.74 Å². The van der Waals surface area contributed by atoms with Gasteiger partial charge in [0.05, 0.1) is 0 Å². The van der Waals surface area contributed by atoms with Crippen molar-refractivity contribution in [1.82, 2.24) is 0 Å². The molecule has 0 fully saturated rings.